The van der Waals surface area contributed by atoms with Crippen molar-refractivity contribution in [3.63, 3.8) is 0 Å². The van der Waals surface area contributed by atoms with Crippen molar-refractivity contribution >= 4 is 15.9 Å². The second-order valence-electron chi connectivity index (χ2n) is 3.83. The van der Waals surface area contributed by atoms with E-state index in [2.05, 4.69) is 15.9 Å². The molecule has 0 aliphatic carbocycles. The van der Waals surface area contributed by atoms with Gasteiger partial charge in [0.2, 0.25) is 0 Å². The van der Waals surface area contributed by atoms with E-state index < -0.39 is 12.6 Å². The predicted octanol–water partition coefficient (Wildman–Crippen LogP) is 3.05. The standard InChI is InChI=1S/C9H15BrF3N/c10-6-8-2-1-4-14(7-8)5-3-9(11,12)13/h8H,1-7H2. The largest absolute Gasteiger partial charge is 0.390 e. The van der Waals surface area contributed by atoms with Crippen molar-refractivity contribution < 1.29 is 13.2 Å². The summed E-state index contributed by atoms with van der Waals surface area (Å²) in [5.74, 6) is 0.525. The van der Waals surface area contributed by atoms with E-state index in [1.165, 1.54) is 0 Å². The molecular weight excluding hydrogens is 259 g/mol. The Morgan fingerprint density at radius 3 is 2.64 bits per heavy atom. The fraction of sp³-hybridized carbons (Fsp3) is 1.00. The summed E-state index contributed by atoms with van der Waals surface area (Å²) in [6.07, 6.45) is -2.54. The highest BCUT2D eigenvalue weighted by molar-refractivity contribution is 9.09. The van der Waals surface area contributed by atoms with E-state index in [0.717, 1.165) is 31.3 Å². The summed E-state index contributed by atoms with van der Waals surface area (Å²) in [7, 11) is 0. The first kappa shape index (κ1) is 12.3. The maximum absolute atomic E-state index is 12.0. The number of hydrogen-bond donors (Lipinski definition) is 0. The van der Waals surface area contributed by atoms with Crippen molar-refractivity contribution in [3.8, 4) is 0 Å². The number of halogens is 4. The van der Waals surface area contributed by atoms with Gasteiger partial charge in [-0.05, 0) is 25.3 Å². The molecule has 1 heterocycles. The van der Waals surface area contributed by atoms with Crippen LogP contribution in [0.4, 0.5) is 13.2 Å². The topological polar surface area (TPSA) is 3.24 Å². The van der Waals surface area contributed by atoms with Crippen LogP contribution in [0, 0.1) is 5.92 Å². The maximum Gasteiger partial charge on any atom is 0.390 e. The fourth-order valence-electron chi connectivity index (χ4n) is 1.77. The van der Waals surface area contributed by atoms with Crippen LogP contribution in [0.1, 0.15) is 19.3 Å². The lowest BCUT2D eigenvalue weighted by Gasteiger charge is -2.31. The molecule has 1 rings (SSSR count). The van der Waals surface area contributed by atoms with Crippen LogP contribution >= 0.6 is 15.9 Å². The van der Waals surface area contributed by atoms with Gasteiger partial charge in [0, 0.05) is 18.4 Å². The summed E-state index contributed by atoms with van der Waals surface area (Å²) in [6, 6.07) is 0. The lowest BCUT2D eigenvalue weighted by Crippen LogP contribution is -2.38. The minimum absolute atomic E-state index is 0.160. The number of hydrogen-bond acceptors (Lipinski definition) is 1. The number of nitrogens with zero attached hydrogens (tertiary/aromatic N) is 1. The minimum atomic E-state index is -4.01. The average molecular weight is 274 g/mol. The molecule has 0 aromatic carbocycles. The van der Waals surface area contributed by atoms with E-state index in [-0.39, 0.29) is 6.54 Å². The summed E-state index contributed by atoms with van der Waals surface area (Å²) in [5, 5.41) is 0.898. The molecule has 0 radical (unpaired) electrons. The van der Waals surface area contributed by atoms with Crippen LogP contribution in [0.15, 0.2) is 0 Å². The monoisotopic (exact) mass is 273 g/mol. The van der Waals surface area contributed by atoms with Gasteiger partial charge in [-0.2, -0.15) is 13.2 Å². The zero-order chi connectivity index (χ0) is 10.6. The molecule has 1 fully saturated rings. The van der Waals surface area contributed by atoms with Crippen LogP contribution in [0.25, 0.3) is 0 Å². The molecule has 0 aromatic heterocycles. The molecule has 0 aromatic rings. The molecule has 0 amide bonds. The first-order valence-corrected chi connectivity index (χ1v) is 5.98. The highest BCUT2D eigenvalue weighted by atomic mass is 79.9. The summed E-state index contributed by atoms with van der Waals surface area (Å²) in [5.41, 5.74) is 0. The molecule has 1 aliphatic heterocycles. The van der Waals surface area contributed by atoms with Crippen molar-refractivity contribution in [2.45, 2.75) is 25.4 Å². The van der Waals surface area contributed by atoms with Crippen LogP contribution in [0.2, 0.25) is 0 Å². The molecule has 1 nitrogen and oxygen atoms in total. The number of likely N-dealkylation sites (tertiary alicyclic amines) is 1. The van der Waals surface area contributed by atoms with Crippen LogP contribution in [0.5, 0.6) is 0 Å². The van der Waals surface area contributed by atoms with Crippen molar-refractivity contribution in [2.24, 2.45) is 5.92 Å². The lowest BCUT2D eigenvalue weighted by molar-refractivity contribution is -0.138. The molecular formula is C9H15BrF3N. The molecule has 1 saturated heterocycles. The Bertz CT molecular complexity index is 172. The van der Waals surface area contributed by atoms with Gasteiger partial charge in [-0.25, -0.2) is 0 Å². The van der Waals surface area contributed by atoms with Gasteiger partial charge < -0.3 is 4.90 Å². The molecule has 5 heteroatoms. The Morgan fingerprint density at radius 2 is 2.07 bits per heavy atom. The maximum atomic E-state index is 12.0. The Kier molecular flexibility index (Phi) is 4.70. The van der Waals surface area contributed by atoms with Crippen molar-refractivity contribution in [2.75, 3.05) is 25.0 Å². The van der Waals surface area contributed by atoms with Crippen LogP contribution in [-0.4, -0.2) is 36.0 Å². The quantitative estimate of drug-likeness (QED) is 0.715. The van der Waals surface area contributed by atoms with Crippen LogP contribution in [0.3, 0.4) is 0 Å². The van der Waals surface area contributed by atoms with Gasteiger partial charge in [0.05, 0.1) is 6.42 Å². The molecule has 0 spiro atoms. The SMILES string of the molecule is FC(F)(F)CCN1CCCC(CBr)C1. The van der Waals surface area contributed by atoms with Crippen molar-refractivity contribution in [3.05, 3.63) is 0 Å². The Balaban J connectivity index is 2.24. The van der Waals surface area contributed by atoms with Crippen molar-refractivity contribution in [1.29, 1.82) is 0 Å². The van der Waals surface area contributed by atoms with E-state index in [4.69, 9.17) is 0 Å². The second-order valence-corrected chi connectivity index (χ2v) is 4.48. The predicted molar refractivity (Wildman–Crippen MR) is 53.6 cm³/mol. The number of rotatable bonds is 3. The van der Waals surface area contributed by atoms with E-state index in [9.17, 15) is 13.2 Å². The number of alkyl halides is 4. The second kappa shape index (κ2) is 5.35. The summed E-state index contributed by atoms with van der Waals surface area (Å²) in [4.78, 5) is 1.92. The minimum Gasteiger partial charge on any atom is -0.303 e. The Hall–Kier alpha value is 0.230. The van der Waals surface area contributed by atoms with Gasteiger partial charge in [-0.3, -0.25) is 0 Å². The Morgan fingerprint density at radius 1 is 1.36 bits per heavy atom. The summed E-state index contributed by atoms with van der Waals surface area (Å²) in [6.45, 7) is 1.79. The Labute approximate surface area is 90.8 Å². The first-order chi connectivity index (χ1) is 6.51. The molecule has 0 N–H and O–H groups in total. The summed E-state index contributed by atoms with van der Waals surface area (Å²) < 4.78 is 35.9. The molecule has 0 saturated carbocycles. The molecule has 1 unspecified atom stereocenters. The third kappa shape index (κ3) is 4.64. The number of piperidine rings is 1. The van der Waals surface area contributed by atoms with Crippen molar-refractivity contribution in [1.82, 2.24) is 4.90 Å². The molecule has 1 atom stereocenters. The van der Waals surface area contributed by atoms with Gasteiger partial charge in [0.25, 0.3) is 0 Å². The summed E-state index contributed by atoms with van der Waals surface area (Å²) >= 11 is 3.38. The fourth-order valence-corrected chi connectivity index (χ4v) is 2.29. The molecule has 14 heavy (non-hydrogen) atoms. The van der Waals surface area contributed by atoms with Gasteiger partial charge in [0.15, 0.2) is 0 Å². The van der Waals surface area contributed by atoms with Gasteiger partial charge in [-0.1, -0.05) is 15.9 Å². The third-order valence-corrected chi connectivity index (χ3v) is 3.45. The molecule has 0 bridgehead atoms. The van der Waals surface area contributed by atoms with E-state index in [1.54, 1.807) is 0 Å². The average Bonchev–Trinajstić information content (AvgIpc) is 2.14. The van der Waals surface area contributed by atoms with E-state index >= 15 is 0 Å². The highest BCUT2D eigenvalue weighted by Crippen LogP contribution is 2.23. The van der Waals surface area contributed by atoms with Gasteiger partial charge in [0.1, 0.15) is 0 Å². The zero-order valence-corrected chi connectivity index (χ0v) is 9.57. The zero-order valence-electron chi connectivity index (χ0n) is 7.99. The van der Waals surface area contributed by atoms with E-state index in [1.807, 2.05) is 4.90 Å². The van der Waals surface area contributed by atoms with Gasteiger partial charge in [-0.15, -0.1) is 0 Å². The lowest BCUT2D eigenvalue weighted by atomic mass is 10.0. The molecule has 1 aliphatic rings. The smallest absolute Gasteiger partial charge is 0.303 e. The normalized spacial score (nSPS) is 25.3. The third-order valence-electron chi connectivity index (χ3n) is 2.53. The molecule has 84 valence electrons. The first-order valence-electron chi connectivity index (χ1n) is 4.86. The van der Waals surface area contributed by atoms with Crippen LogP contribution < -0.4 is 0 Å². The van der Waals surface area contributed by atoms with Gasteiger partial charge >= 0.3 is 6.18 Å². The highest BCUT2D eigenvalue weighted by Gasteiger charge is 2.29. The van der Waals surface area contributed by atoms with Crippen LogP contribution in [-0.2, 0) is 0 Å². The van der Waals surface area contributed by atoms with E-state index in [0.29, 0.717) is 5.92 Å².